The van der Waals surface area contributed by atoms with Gasteiger partial charge in [-0.3, -0.25) is 4.79 Å². The number of aliphatic hydroxyl groups excluding tert-OH is 1. The van der Waals surface area contributed by atoms with Crippen LogP contribution >= 0.6 is 0 Å². The second kappa shape index (κ2) is 6.86. The van der Waals surface area contributed by atoms with Crippen LogP contribution in [0.4, 0.5) is 0 Å². The molecule has 0 aliphatic carbocycles. The smallest absolute Gasteiger partial charge is 0.197 e. The quantitative estimate of drug-likeness (QED) is 0.768. The summed E-state index contributed by atoms with van der Waals surface area (Å²) in [5, 5.41) is 9.73. The van der Waals surface area contributed by atoms with Crippen molar-refractivity contribution in [3.05, 3.63) is 52.2 Å². The normalized spacial score (nSPS) is 10.7. The van der Waals surface area contributed by atoms with E-state index in [0.29, 0.717) is 45.1 Å². The van der Waals surface area contributed by atoms with Gasteiger partial charge in [-0.1, -0.05) is 0 Å². The number of rotatable bonds is 5. The maximum atomic E-state index is 12.6. The van der Waals surface area contributed by atoms with E-state index in [1.807, 2.05) is 0 Å². The molecule has 0 saturated carbocycles. The number of hydrogen-bond donors (Lipinski definition) is 1. The monoisotopic (exact) mass is 342 g/mol. The molecule has 0 amide bonds. The zero-order valence-corrected chi connectivity index (χ0v) is 14.2. The largest absolute Gasteiger partial charge is 0.496 e. The van der Waals surface area contributed by atoms with Gasteiger partial charge in [0.15, 0.2) is 16.9 Å². The molecule has 1 aromatic heterocycles. The highest BCUT2D eigenvalue weighted by Crippen LogP contribution is 2.34. The number of hydrogen-bond acceptors (Lipinski definition) is 6. The molecule has 0 unspecified atom stereocenters. The van der Waals surface area contributed by atoms with Crippen molar-refractivity contribution in [1.29, 1.82) is 0 Å². The molecule has 0 bridgehead atoms. The van der Waals surface area contributed by atoms with E-state index in [9.17, 15) is 9.90 Å². The van der Waals surface area contributed by atoms with E-state index in [0.717, 1.165) is 0 Å². The summed E-state index contributed by atoms with van der Waals surface area (Å²) >= 11 is 0. The van der Waals surface area contributed by atoms with Crippen LogP contribution in [0.1, 0.15) is 5.56 Å². The van der Waals surface area contributed by atoms with Crippen LogP contribution in [0.3, 0.4) is 0 Å². The first-order valence-electron chi connectivity index (χ1n) is 7.59. The molecule has 0 spiro atoms. The topological polar surface area (TPSA) is 78.1 Å². The SMILES string of the molecule is COc1ccc(-c2cc(=O)c3c(OC)cc(CO)cc3o2)cc1OC. The summed E-state index contributed by atoms with van der Waals surface area (Å²) in [6.07, 6.45) is 0. The van der Waals surface area contributed by atoms with Crippen molar-refractivity contribution in [3.8, 4) is 28.6 Å². The molecule has 6 nitrogen and oxygen atoms in total. The molecule has 0 atom stereocenters. The van der Waals surface area contributed by atoms with Crippen LogP contribution in [0.25, 0.3) is 22.3 Å². The summed E-state index contributed by atoms with van der Waals surface area (Å²) < 4.78 is 21.7. The first kappa shape index (κ1) is 16.9. The molecule has 1 N–H and O–H groups in total. The van der Waals surface area contributed by atoms with Gasteiger partial charge in [0.05, 0.1) is 27.9 Å². The summed E-state index contributed by atoms with van der Waals surface area (Å²) in [5.74, 6) is 1.87. The Morgan fingerprint density at radius 2 is 1.64 bits per heavy atom. The molecule has 3 aromatic rings. The molecular weight excluding hydrogens is 324 g/mol. The second-order valence-electron chi connectivity index (χ2n) is 5.37. The van der Waals surface area contributed by atoms with Crippen molar-refractivity contribution >= 4 is 11.0 Å². The predicted octanol–water partition coefficient (Wildman–Crippen LogP) is 2.98. The summed E-state index contributed by atoms with van der Waals surface area (Å²) in [4.78, 5) is 12.6. The van der Waals surface area contributed by atoms with Gasteiger partial charge >= 0.3 is 0 Å². The zero-order chi connectivity index (χ0) is 18.0. The average Bonchev–Trinajstić information content (AvgIpc) is 2.65. The second-order valence-corrected chi connectivity index (χ2v) is 5.37. The molecule has 0 aliphatic heterocycles. The molecule has 6 heteroatoms. The Morgan fingerprint density at radius 1 is 0.920 bits per heavy atom. The van der Waals surface area contributed by atoms with Crippen LogP contribution < -0.4 is 19.6 Å². The van der Waals surface area contributed by atoms with Crippen molar-refractivity contribution in [3.63, 3.8) is 0 Å². The number of fused-ring (bicyclic) bond motifs is 1. The Bertz CT molecular complexity index is 974. The molecule has 0 radical (unpaired) electrons. The molecular formula is C19H18O6. The standard InChI is InChI=1S/C19H18O6/c1-22-14-5-4-12(8-16(14)23-2)15-9-13(21)19-17(24-3)6-11(10-20)7-18(19)25-15/h4-9,20H,10H2,1-3H3. The highest BCUT2D eigenvalue weighted by Gasteiger charge is 2.14. The van der Waals surface area contributed by atoms with Gasteiger partial charge < -0.3 is 23.7 Å². The fraction of sp³-hybridized carbons (Fsp3) is 0.211. The van der Waals surface area contributed by atoms with Gasteiger partial charge in [0, 0.05) is 11.6 Å². The maximum Gasteiger partial charge on any atom is 0.197 e. The third-order valence-electron chi connectivity index (χ3n) is 3.92. The van der Waals surface area contributed by atoms with Crippen LogP contribution in [0, 0.1) is 0 Å². The van der Waals surface area contributed by atoms with Crippen LogP contribution in [0.5, 0.6) is 17.2 Å². The van der Waals surface area contributed by atoms with Gasteiger partial charge in [-0.05, 0) is 35.9 Å². The Morgan fingerprint density at radius 3 is 2.28 bits per heavy atom. The van der Waals surface area contributed by atoms with Gasteiger partial charge in [0.25, 0.3) is 0 Å². The third kappa shape index (κ3) is 3.04. The van der Waals surface area contributed by atoms with E-state index in [-0.39, 0.29) is 12.0 Å². The Kier molecular flexibility index (Phi) is 4.63. The van der Waals surface area contributed by atoms with E-state index < -0.39 is 0 Å². The van der Waals surface area contributed by atoms with Crippen molar-refractivity contribution in [2.24, 2.45) is 0 Å². The Hall–Kier alpha value is -2.99. The van der Waals surface area contributed by atoms with Crippen molar-refractivity contribution in [1.82, 2.24) is 0 Å². The van der Waals surface area contributed by atoms with Crippen LogP contribution in [-0.2, 0) is 6.61 Å². The lowest BCUT2D eigenvalue weighted by atomic mass is 10.1. The van der Waals surface area contributed by atoms with Gasteiger partial charge in [-0.2, -0.15) is 0 Å². The molecule has 2 aromatic carbocycles. The zero-order valence-electron chi connectivity index (χ0n) is 14.2. The molecule has 25 heavy (non-hydrogen) atoms. The summed E-state index contributed by atoms with van der Waals surface area (Å²) in [6, 6.07) is 9.90. The summed E-state index contributed by atoms with van der Waals surface area (Å²) in [7, 11) is 4.56. The molecule has 1 heterocycles. The molecule has 3 rings (SSSR count). The first-order chi connectivity index (χ1) is 12.1. The van der Waals surface area contributed by atoms with Crippen molar-refractivity contribution < 1.29 is 23.7 Å². The Balaban J connectivity index is 2.23. The van der Waals surface area contributed by atoms with Gasteiger partial charge in [0.1, 0.15) is 22.5 Å². The van der Waals surface area contributed by atoms with E-state index in [1.54, 1.807) is 37.4 Å². The van der Waals surface area contributed by atoms with Gasteiger partial charge in [0.2, 0.25) is 0 Å². The summed E-state index contributed by atoms with van der Waals surface area (Å²) in [5.41, 5.74) is 1.38. The minimum Gasteiger partial charge on any atom is -0.496 e. The van der Waals surface area contributed by atoms with E-state index >= 15 is 0 Å². The molecule has 0 fully saturated rings. The minimum atomic E-state index is -0.229. The lowest BCUT2D eigenvalue weighted by molar-refractivity contribution is 0.281. The van der Waals surface area contributed by atoms with E-state index in [2.05, 4.69) is 0 Å². The first-order valence-corrected chi connectivity index (χ1v) is 7.59. The number of ether oxygens (including phenoxy) is 3. The lowest BCUT2D eigenvalue weighted by Crippen LogP contribution is -2.04. The number of methoxy groups -OCH3 is 3. The maximum absolute atomic E-state index is 12.6. The number of benzene rings is 2. The predicted molar refractivity (Wildman–Crippen MR) is 93.5 cm³/mol. The van der Waals surface area contributed by atoms with Crippen LogP contribution in [0.15, 0.2) is 45.6 Å². The fourth-order valence-electron chi connectivity index (χ4n) is 2.69. The van der Waals surface area contributed by atoms with E-state index in [1.165, 1.54) is 20.3 Å². The van der Waals surface area contributed by atoms with Crippen molar-refractivity contribution in [2.45, 2.75) is 6.61 Å². The number of aliphatic hydroxyl groups is 1. The fourth-order valence-corrected chi connectivity index (χ4v) is 2.69. The molecule has 130 valence electrons. The van der Waals surface area contributed by atoms with Gasteiger partial charge in [-0.15, -0.1) is 0 Å². The van der Waals surface area contributed by atoms with E-state index in [4.69, 9.17) is 18.6 Å². The van der Waals surface area contributed by atoms with Gasteiger partial charge in [-0.25, -0.2) is 0 Å². The lowest BCUT2D eigenvalue weighted by Gasteiger charge is -2.11. The Labute approximate surface area is 144 Å². The highest BCUT2D eigenvalue weighted by atomic mass is 16.5. The highest BCUT2D eigenvalue weighted by molar-refractivity contribution is 5.85. The molecule has 0 saturated heterocycles. The minimum absolute atomic E-state index is 0.184. The molecule has 0 aliphatic rings. The average molecular weight is 342 g/mol. The third-order valence-corrected chi connectivity index (χ3v) is 3.92. The van der Waals surface area contributed by atoms with Crippen molar-refractivity contribution in [2.75, 3.05) is 21.3 Å². The van der Waals surface area contributed by atoms with Crippen LogP contribution in [-0.4, -0.2) is 26.4 Å². The van der Waals surface area contributed by atoms with Crippen LogP contribution in [0.2, 0.25) is 0 Å². The summed E-state index contributed by atoms with van der Waals surface area (Å²) in [6.45, 7) is -0.184.